The van der Waals surface area contributed by atoms with Crippen molar-refractivity contribution >= 4 is 34.2 Å². The summed E-state index contributed by atoms with van der Waals surface area (Å²) < 4.78 is 5.44. The number of ether oxygens (including phenoxy) is 1. The molecule has 92 valence electrons. The molecular formula is C12H9Cl2N3O. The van der Waals surface area contributed by atoms with Crippen LogP contribution in [0.1, 0.15) is 19.5 Å². The first-order valence-corrected chi connectivity index (χ1v) is 6.01. The van der Waals surface area contributed by atoms with Crippen molar-refractivity contribution in [1.29, 1.82) is 5.26 Å². The first-order valence-electron chi connectivity index (χ1n) is 5.25. The van der Waals surface area contributed by atoms with Gasteiger partial charge in [0.15, 0.2) is 0 Å². The molecule has 0 fully saturated rings. The van der Waals surface area contributed by atoms with Crippen molar-refractivity contribution in [2.75, 3.05) is 0 Å². The van der Waals surface area contributed by atoms with Crippen LogP contribution < -0.4 is 4.74 Å². The van der Waals surface area contributed by atoms with Gasteiger partial charge in [-0.05, 0) is 26.0 Å². The van der Waals surface area contributed by atoms with Gasteiger partial charge < -0.3 is 4.74 Å². The number of nitriles is 1. The summed E-state index contributed by atoms with van der Waals surface area (Å²) in [6, 6.07) is 5.19. The average molecular weight is 282 g/mol. The summed E-state index contributed by atoms with van der Waals surface area (Å²) in [6.45, 7) is 3.68. The summed E-state index contributed by atoms with van der Waals surface area (Å²) >= 11 is 12.0. The van der Waals surface area contributed by atoms with E-state index < -0.39 is 0 Å². The third-order valence-electron chi connectivity index (χ3n) is 2.15. The minimum absolute atomic E-state index is 0.0976. The fraction of sp³-hybridized carbons (Fsp3) is 0.250. The van der Waals surface area contributed by atoms with Crippen LogP contribution in [-0.4, -0.2) is 16.1 Å². The Bertz CT molecular complexity index is 650. The lowest BCUT2D eigenvalue weighted by Gasteiger charge is -2.11. The highest BCUT2D eigenvalue weighted by molar-refractivity contribution is 6.39. The summed E-state index contributed by atoms with van der Waals surface area (Å²) in [7, 11) is 0. The van der Waals surface area contributed by atoms with E-state index in [1.165, 1.54) is 0 Å². The van der Waals surface area contributed by atoms with Gasteiger partial charge in [-0.3, -0.25) is 0 Å². The summed E-state index contributed by atoms with van der Waals surface area (Å²) in [6.07, 6.45) is -0.109. The molecule has 0 amide bonds. The molecule has 1 aromatic heterocycles. The average Bonchev–Trinajstić information content (AvgIpc) is 2.33. The Kier molecular flexibility index (Phi) is 3.55. The molecule has 1 aromatic carbocycles. The molecule has 0 aliphatic rings. The Morgan fingerprint density at radius 1 is 1.17 bits per heavy atom. The molecule has 0 bridgehead atoms. The van der Waals surface area contributed by atoms with Crippen molar-refractivity contribution in [2.45, 2.75) is 20.0 Å². The van der Waals surface area contributed by atoms with Crippen LogP contribution in [-0.2, 0) is 0 Å². The standard InChI is InChI=1S/C12H9Cl2N3O/c1-6(2)18-12-9(5-15)16-10-7(13)3-4-8(14)11(10)17-12/h3-4,6H,1-2H3. The number of nitrogens with zero attached hydrogens (tertiary/aromatic N) is 3. The second kappa shape index (κ2) is 4.97. The second-order valence-corrected chi connectivity index (χ2v) is 4.70. The zero-order valence-corrected chi connectivity index (χ0v) is 11.2. The molecule has 0 atom stereocenters. The van der Waals surface area contributed by atoms with E-state index in [0.717, 1.165) is 0 Å². The Morgan fingerprint density at radius 3 is 2.22 bits per heavy atom. The largest absolute Gasteiger partial charge is 0.473 e. The van der Waals surface area contributed by atoms with Gasteiger partial charge in [0.1, 0.15) is 17.1 Å². The predicted octanol–water partition coefficient (Wildman–Crippen LogP) is 3.60. The molecule has 0 radical (unpaired) electrons. The van der Waals surface area contributed by atoms with Gasteiger partial charge in [-0.2, -0.15) is 5.26 Å². The Hall–Kier alpha value is -1.57. The molecule has 0 aliphatic heterocycles. The molecule has 0 saturated carbocycles. The topological polar surface area (TPSA) is 58.8 Å². The van der Waals surface area contributed by atoms with Crippen LogP contribution in [0.2, 0.25) is 10.0 Å². The van der Waals surface area contributed by atoms with Crippen molar-refractivity contribution in [2.24, 2.45) is 0 Å². The van der Waals surface area contributed by atoms with Crippen LogP contribution in [0.5, 0.6) is 5.88 Å². The summed E-state index contributed by atoms with van der Waals surface area (Å²) in [5.41, 5.74) is 0.927. The maximum Gasteiger partial charge on any atom is 0.252 e. The monoisotopic (exact) mass is 281 g/mol. The van der Waals surface area contributed by atoms with Gasteiger partial charge in [0.2, 0.25) is 5.69 Å². The lowest BCUT2D eigenvalue weighted by atomic mass is 10.3. The number of rotatable bonds is 2. The van der Waals surface area contributed by atoms with Crippen LogP contribution in [0.4, 0.5) is 0 Å². The summed E-state index contributed by atoms with van der Waals surface area (Å²) in [5, 5.41) is 9.86. The fourth-order valence-corrected chi connectivity index (χ4v) is 1.83. The lowest BCUT2D eigenvalue weighted by molar-refractivity contribution is 0.231. The van der Waals surface area contributed by atoms with Gasteiger partial charge >= 0.3 is 0 Å². The molecule has 0 saturated heterocycles. The third-order valence-corrected chi connectivity index (χ3v) is 2.76. The minimum atomic E-state index is -0.109. The zero-order valence-electron chi connectivity index (χ0n) is 9.74. The molecule has 0 spiro atoms. The van der Waals surface area contributed by atoms with E-state index in [2.05, 4.69) is 9.97 Å². The Morgan fingerprint density at radius 2 is 1.72 bits per heavy atom. The third kappa shape index (κ3) is 2.33. The quantitative estimate of drug-likeness (QED) is 0.844. The highest BCUT2D eigenvalue weighted by atomic mass is 35.5. The molecule has 6 heteroatoms. The van der Waals surface area contributed by atoms with E-state index in [4.69, 9.17) is 33.2 Å². The fourth-order valence-electron chi connectivity index (χ4n) is 1.44. The van der Waals surface area contributed by atoms with Crippen LogP contribution in [0.25, 0.3) is 11.0 Å². The van der Waals surface area contributed by atoms with Crippen molar-refractivity contribution in [3.8, 4) is 11.9 Å². The van der Waals surface area contributed by atoms with E-state index in [1.807, 2.05) is 19.9 Å². The SMILES string of the molecule is CC(C)Oc1nc2c(Cl)ccc(Cl)c2nc1C#N. The van der Waals surface area contributed by atoms with E-state index in [-0.39, 0.29) is 17.7 Å². The highest BCUT2D eigenvalue weighted by Gasteiger charge is 2.15. The maximum absolute atomic E-state index is 9.04. The smallest absolute Gasteiger partial charge is 0.252 e. The van der Waals surface area contributed by atoms with E-state index in [9.17, 15) is 0 Å². The van der Waals surface area contributed by atoms with Gasteiger partial charge in [0.05, 0.1) is 16.1 Å². The first-order chi connectivity index (χ1) is 8.52. The molecule has 0 aliphatic carbocycles. The number of hydrogen-bond donors (Lipinski definition) is 0. The van der Waals surface area contributed by atoms with Gasteiger partial charge in [0, 0.05) is 0 Å². The van der Waals surface area contributed by atoms with Crippen LogP contribution in [0.15, 0.2) is 12.1 Å². The summed E-state index contributed by atoms with van der Waals surface area (Å²) in [4.78, 5) is 8.36. The highest BCUT2D eigenvalue weighted by Crippen LogP contribution is 2.29. The lowest BCUT2D eigenvalue weighted by Crippen LogP contribution is -2.09. The van der Waals surface area contributed by atoms with Gasteiger partial charge in [-0.25, -0.2) is 9.97 Å². The molecular weight excluding hydrogens is 273 g/mol. The van der Waals surface area contributed by atoms with Crippen molar-refractivity contribution < 1.29 is 4.74 Å². The summed E-state index contributed by atoms with van der Waals surface area (Å²) in [5.74, 6) is 0.171. The number of halogens is 2. The van der Waals surface area contributed by atoms with Gasteiger partial charge in [-0.1, -0.05) is 23.2 Å². The maximum atomic E-state index is 9.04. The normalized spacial score (nSPS) is 10.7. The number of aromatic nitrogens is 2. The van der Waals surface area contributed by atoms with Crippen LogP contribution in [0.3, 0.4) is 0 Å². The second-order valence-electron chi connectivity index (χ2n) is 3.88. The van der Waals surface area contributed by atoms with Crippen molar-refractivity contribution in [3.05, 3.63) is 27.9 Å². The molecule has 0 unspecified atom stereocenters. The van der Waals surface area contributed by atoms with E-state index in [0.29, 0.717) is 21.1 Å². The number of fused-ring (bicyclic) bond motifs is 1. The first kappa shape index (κ1) is 12.9. The molecule has 0 N–H and O–H groups in total. The predicted molar refractivity (Wildman–Crippen MR) is 70.0 cm³/mol. The minimum Gasteiger partial charge on any atom is -0.473 e. The van der Waals surface area contributed by atoms with Crippen LogP contribution in [0, 0.1) is 11.3 Å². The van der Waals surface area contributed by atoms with E-state index >= 15 is 0 Å². The van der Waals surface area contributed by atoms with Crippen LogP contribution >= 0.6 is 23.2 Å². The molecule has 18 heavy (non-hydrogen) atoms. The number of benzene rings is 1. The number of hydrogen-bond acceptors (Lipinski definition) is 4. The van der Waals surface area contributed by atoms with Gasteiger partial charge in [-0.15, -0.1) is 0 Å². The molecule has 1 heterocycles. The Balaban J connectivity index is 2.74. The van der Waals surface area contributed by atoms with Gasteiger partial charge in [0.25, 0.3) is 5.88 Å². The molecule has 4 nitrogen and oxygen atoms in total. The van der Waals surface area contributed by atoms with E-state index in [1.54, 1.807) is 12.1 Å². The Labute approximate surface area is 114 Å². The molecule has 2 aromatic rings. The molecule has 2 rings (SSSR count). The van der Waals surface area contributed by atoms with Crippen molar-refractivity contribution in [1.82, 2.24) is 9.97 Å². The zero-order chi connectivity index (χ0) is 13.3. The van der Waals surface area contributed by atoms with Crippen molar-refractivity contribution in [3.63, 3.8) is 0 Å².